The smallest absolute Gasteiger partial charge is 0.244 e. The molecular weight excluding hydrogens is 234 g/mol. The summed E-state index contributed by atoms with van der Waals surface area (Å²) in [4.78, 5) is 4.08. The van der Waals surface area contributed by atoms with Gasteiger partial charge in [0.25, 0.3) is 0 Å². The minimum atomic E-state index is -0.512. The predicted molar refractivity (Wildman–Crippen MR) is 63.4 cm³/mol. The van der Waals surface area contributed by atoms with Gasteiger partial charge in [0.1, 0.15) is 0 Å². The van der Waals surface area contributed by atoms with Gasteiger partial charge in [-0.2, -0.15) is 4.98 Å². The number of hydrogen-bond acceptors (Lipinski definition) is 6. The van der Waals surface area contributed by atoms with Crippen LogP contribution in [-0.4, -0.2) is 20.4 Å². The first-order valence-electron chi connectivity index (χ1n) is 5.17. The molecule has 1 aromatic heterocycles. The number of terminal acetylenes is 1. The zero-order valence-corrected chi connectivity index (χ0v) is 9.37. The van der Waals surface area contributed by atoms with Gasteiger partial charge in [0, 0.05) is 12.0 Å². The molecule has 18 heavy (non-hydrogen) atoms. The highest BCUT2D eigenvalue weighted by Gasteiger charge is 2.15. The van der Waals surface area contributed by atoms with Crippen LogP contribution in [0.1, 0.15) is 18.4 Å². The van der Waals surface area contributed by atoms with Crippen LogP contribution >= 0.6 is 0 Å². The minimum absolute atomic E-state index is 0.216. The molecule has 0 saturated carbocycles. The molecule has 1 aromatic carbocycles. The molecule has 0 aliphatic rings. The summed E-state index contributed by atoms with van der Waals surface area (Å²) in [7, 11) is 0. The lowest BCUT2D eigenvalue weighted by Gasteiger charge is -1.99. The largest absolute Gasteiger partial charge is 0.504 e. The number of benzene rings is 1. The monoisotopic (exact) mass is 245 g/mol. The number of rotatable bonds is 3. The fraction of sp³-hybridized carbons (Fsp3) is 0.167. The maximum absolute atomic E-state index is 9.37. The highest BCUT2D eigenvalue weighted by Crippen LogP contribution is 2.29. The van der Waals surface area contributed by atoms with Crippen molar-refractivity contribution < 1.29 is 14.7 Å². The summed E-state index contributed by atoms with van der Waals surface area (Å²) in [6.45, 7) is 0. The van der Waals surface area contributed by atoms with Gasteiger partial charge in [-0.25, -0.2) is 0 Å². The van der Waals surface area contributed by atoms with E-state index in [9.17, 15) is 10.2 Å². The number of phenolic OH excluding ortho intramolecular Hbond substituents is 2. The molecule has 0 aliphatic heterocycles. The Balaban J connectivity index is 2.29. The zero-order valence-electron chi connectivity index (χ0n) is 9.37. The van der Waals surface area contributed by atoms with E-state index in [-0.39, 0.29) is 23.2 Å². The molecule has 2 rings (SSSR count). The van der Waals surface area contributed by atoms with Gasteiger partial charge in [-0.05, 0) is 18.2 Å². The number of aromatic nitrogens is 2. The first-order chi connectivity index (χ1) is 8.61. The molecule has 1 unspecified atom stereocenters. The van der Waals surface area contributed by atoms with Crippen molar-refractivity contribution >= 4 is 0 Å². The molecule has 0 aliphatic carbocycles. The third-order valence-electron chi connectivity index (χ3n) is 2.33. The van der Waals surface area contributed by atoms with Gasteiger partial charge in [0.15, 0.2) is 11.5 Å². The Morgan fingerprint density at radius 3 is 2.83 bits per heavy atom. The van der Waals surface area contributed by atoms with E-state index in [1.54, 1.807) is 6.07 Å². The summed E-state index contributed by atoms with van der Waals surface area (Å²) in [6, 6.07) is 3.71. The third-order valence-corrected chi connectivity index (χ3v) is 2.33. The summed E-state index contributed by atoms with van der Waals surface area (Å²) in [5.74, 6) is 2.43. The Hall–Kier alpha value is -2.52. The fourth-order valence-corrected chi connectivity index (χ4v) is 1.38. The van der Waals surface area contributed by atoms with Crippen molar-refractivity contribution in [1.29, 1.82) is 0 Å². The van der Waals surface area contributed by atoms with E-state index in [2.05, 4.69) is 16.1 Å². The van der Waals surface area contributed by atoms with Crippen molar-refractivity contribution in [1.82, 2.24) is 10.1 Å². The maximum atomic E-state index is 9.37. The molecule has 0 radical (unpaired) electrons. The van der Waals surface area contributed by atoms with Crippen LogP contribution in [0.3, 0.4) is 0 Å². The average molecular weight is 245 g/mol. The molecule has 0 saturated heterocycles. The van der Waals surface area contributed by atoms with Gasteiger partial charge in [0.05, 0.1) is 6.04 Å². The lowest BCUT2D eigenvalue weighted by molar-refractivity contribution is 0.356. The van der Waals surface area contributed by atoms with Crippen molar-refractivity contribution in [3.63, 3.8) is 0 Å². The summed E-state index contributed by atoms with van der Waals surface area (Å²) in [5, 5.41) is 22.3. The highest BCUT2D eigenvalue weighted by molar-refractivity contribution is 5.59. The second kappa shape index (κ2) is 4.77. The first kappa shape index (κ1) is 12.0. The molecule has 4 N–H and O–H groups in total. The molecule has 0 bridgehead atoms. The van der Waals surface area contributed by atoms with Crippen LogP contribution in [0.25, 0.3) is 11.4 Å². The number of aromatic hydroxyl groups is 2. The van der Waals surface area contributed by atoms with E-state index in [1.807, 2.05) is 0 Å². The predicted octanol–water partition coefficient (Wildman–Crippen LogP) is 1.17. The Morgan fingerprint density at radius 1 is 1.39 bits per heavy atom. The van der Waals surface area contributed by atoms with Crippen LogP contribution in [0.5, 0.6) is 11.5 Å². The van der Waals surface area contributed by atoms with Gasteiger partial charge >= 0.3 is 0 Å². The molecule has 1 heterocycles. The van der Waals surface area contributed by atoms with Gasteiger partial charge in [-0.1, -0.05) is 5.16 Å². The number of nitrogens with two attached hydrogens (primary N) is 1. The lowest BCUT2D eigenvalue weighted by atomic mass is 10.2. The van der Waals surface area contributed by atoms with E-state index in [0.29, 0.717) is 12.0 Å². The summed E-state index contributed by atoms with van der Waals surface area (Å²) in [6.07, 6.45) is 5.43. The molecular formula is C12H11N3O3. The van der Waals surface area contributed by atoms with Crippen LogP contribution in [0.15, 0.2) is 22.7 Å². The number of nitrogens with zero attached hydrogens (tertiary/aromatic N) is 2. The van der Waals surface area contributed by atoms with Crippen molar-refractivity contribution in [3.8, 4) is 35.2 Å². The molecule has 0 fully saturated rings. The van der Waals surface area contributed by atoms with Crippen molar-refractivity contribution in [2.75, 3.05) is 0 Å². The normalized spacial score (nSPS) is 12.0. The summed E-state index contributed by atoms with van der Waals surface area (Å²) < 4.78 is 4.98. The topological polar surface area (TPSA) is 105 Å². The Bertz CT molecular complexity index is 601. The average Bonchev–Trinajstić information content (AvgIpc) is 2.82. The zero-order chi connectivity index (χ0) is 13.1. The fourth-order valence-electron chi connectivity index (χ4n) is 1.38. The van der Waals surface area contributed by atoms with Crippen LogP contribution in [0.2, 0.25) is 0 Å². The Morgan fingerprint density at radius 2 is 2.17 bits per heavy atom. The number of phenols is 2. The van der Waals surface area contributed by atoms with E-state index >= 15 is 0 Å². The Kier molecular flexibility index (Phi) is 3.17. The maximum Gasteiger partial charge on any atom is 0.244 e. The molecule has 1 atom stereocenters. The van der Waals surface area contributed by atoms with E-state index in [1.165, 1.54) is 12.1 Å². The Labute approximate surface area is 103 Å². The molecule has 92 valence electrons. The van der Waals surface area contributed by atoms with Crippen molar-refractivity contribution in [2.45, 2.75) is 12.5 Å². The van der Waals surface area contributed by atoms with Gasteiger partial charge in [0.2, 0.25) is 11.7 Å². The standard InChI is InChI=1S/C12H11N3O3/c1-2-3-8(13)12-14-11(15-18-12)7-4-5-9(16)10(17)6-7/h1,4-6,8,16-17H,3,13H2. The quantitative estimate of drug-likeness (QED) is 0.553. The van der Waals surface area contributed by atoms with Crippen molar-refractivity contribution in [2.24, 2.45) is 5.73 Å². The van der Waals surface area contributed by atoms with Crippen LogP contribution < -0.4 is 5.73 Å². The van der Waals surface area contributed by atoms with E-state index in [0.717, 1.165) is 0 Å². The second-order valence-electron chi connectivity index (χ2n) is 3.67. The summed E-state index contributed by atoms with van der Waals surface area (Å²) in [5.41, 5.74) is 6.23. The second-order valence-corrected chi connectivity index (χ2v) is 3.67. The van der Waals surface area contributed by atoms with Crippen molar-refractivity contribution in [3.05, 3.63) is 24.1 Å². The SMILES string of the molecule is C#CCC(N)c1nc(-c2ccc(O)c(O)c2)no1. The van der Waals surface area contributed by atoms with Gasteiger partial charge < -0.3 is 20.5 Å². The molecule has 0 amide bonds. The van der Waals surface area contributed by atoms with Gasteiger partial charge in [-0.3, -0.25) is 0 Å². The first-order valence-corrected chi connectivity index (χ1v) is 5.17. The van der Waals surface area contributed by atoms with E-state index in [4.69, 9.17) is 16.7 Å². The number of hydrogen-bond donors (Lipinski definition) is 3. The molecule has 0 spiro atoms. The molecule has 2 aromatic rings. The van der Waals surface area contributed by atoms with Crippen LogP contribution in [-0.2, 0) is 0 Å². The van der Waals surface area contributed by atoms with Crippen LogP contribution in [0, 0.1) is 12.3 Å². The molecule has 6 nitrogen and oxygen atoms in total. The molecule has 6 heteroatoms. The van der Waals surface area contributed by atoms with Gasteiger partial charge in [-0.15, -0.1) is 12.3 Å². The minimum Gasteiger partial charge on any atom is -0.504 e. The third kappa shape index (κ3) is 2.26. The summed E-state index contributed by atoms with van der Waals surface area (Å²) >= 11 is 0. The highest BCUT2D eigenvalue weighted by atomic mass is 16.5. The lowest BCUT2D eigenvalue weighted by Crippen LogP contribution is -2.09. The van der Waals surface area contributed by atoms with E-state index < -0.39 is 6.04 Å². The van der Waals surface area contributed by atoms with Crippen LogP contribution in [0.4, 0.5) is 0 Å².